The molecule has 0 spiro atoms. The molecular formula is C18H15ClN2O4. The molecule has 1 aliphatic rings. The predicted octanol–water partition coefficient (Wildman–Crippen LogP) is 3.39. The third-order valence-corrected chi connectivity index (χ3v) is 3.76. The highest BCUT2D eigenvalue weighted by Gasteiger charge is 2.15. The number of anilines is 1. The maximum Gasteiger partial charge on any atom is 0.262 e. The number of fused-ring (bicyclic) bond motifs is 1. The number of carbonyl (C=O) groups excluding carboxylic acids is 1. The van der Waals surface area contributed by atoms with Crippen LogP contribution in [0.15, 0.2) is 36.4 Å². The van der Waals surface area contributed by atoms with Crippen molar-refractivity contribution in [2.75, 3.05) is 25.1 Å². The van der Waals surface area contributed by atoms with Crippen LogP contribution in [0.2, 0.25) is 5.02 Å². The van der Waals surface area contributed by atoms with E-state index in [2.05, 4.69) is 5.32 Å². The van der Waals surface area contributed by atoms with E-state index in [1.807, 2.05) is 6.07 Å². The molecule has 128 valence electrons. The molecule has 0 aromatic heterocycles. The first-order valence-electron chi connectivity index (χ1n) is 7.67. The third kappa shape index (κ3) is 4.34. The summed E-state index contributed by atoms with van der Waals surface area (Å²) in [5.41, 5.74) is 0.883. The summed E-state index contributed by atoms with van der Waals surface area (Å²) in [6.45, 7) is 0.894. The van der Waals surface area contributed by atoms with Crippen LogP contribution in [-0.4, -0.2) is 25.7 Å². The Bertz CT molecular complexity index is 832. The Labute approximate surface area is 149 Å². The largest absolute Gasteiger partial charge is 0.490 e. The molecule has 2 aromatic rings. The van der Waals surface area contributed by atoms with Gasteiger partial charge in [0.2, 0.25) is 0 Å². The van der Waals surface area contributed by atoms with E-state index in [9.17, 15) is 4.79 Å². The summed E-state index contributed by atoms with van der Waals surface area (Å²) in [7, 11) is 0. The quantitative estimate of drug-likeness (QED) is 0.906. The van der Waals surface area contributed by atoms with Gasteiger partial charge in [-0.25, -0.2) is 0 Å². The van der Waals surface area contributed by atoms with Gasteiger partial charge in [-0.3, -0.25) is 4.79 Å². The Morgan fingerprint density at radius 3 is 2.76 bits per heavy atom. The number of halogens is 1. The van der Waals surface area contributed by atoms with Crippen LogP contribution in [0.5, 0.6) is 17.2 Å². The lowest BCUT2D eigenvalue weighted by molar-refractivity contribution is -0.118. The van der Waals surface area contributed by atoms with Gasteiger partial charge >= 0.3 is 0 Å². The number of nitriles is 1. The van der Waals surface area contributed by atoms with E-state index in [-0.39, 0.29) is 12.5 Å². The molecule has 1 heterocycles. The standard InChI is InChI=1S/C18H15ClN2O4/c19-14-8-16-17(24-6-2-5-23-16)9-15(14)21-18(22)11-25-13-4-1-3-12(7-13)10-20/h1,3-4,7-9H,2,5-6,11H2,(H,21,22). The summed E-state index contributed by atoms with van der Waals surface area (Å²) in [4.78, 5) is 12.1. The van der Waals surface area contributed by atoms with Crippen molar-refractivity contribution in [3.8, 4) is 23.3 Å². The first-order valence-corrected chi connectivity index (χ1v) is 8.05. The van der Waals surface area contributed by atoms with Crippen LogP contribution in [-0.2, 0) is 4.79 Å². The molecule has 0 unspecified atom stereocenters. The molecule has 0 atom stereocenters. The van der Waals surface area contributed by atoms with E-state index in [1.54, 1.807) is 36.4 Å². The highest BCUT2D eigenvalue weighted by atomic mass is 35.5. The second-order valence-electron chi connectivity index (χ2n) is 5.31. The van der Waals surface area contributed by atoms with Crippen molar-refractivity contribution in [1.82, 2.24) is 0 Å². The summed E-state index contributed by atoms with van der Waals surface area (Å²) in [5.74, 6) is 1.17. The number of nitrogens with zero attached hydrogens (tertiary/aromatic N) is 1. The maximum absolute atomic E-state index is 12.1. The summed E-state index contributed by atoms with van der Waals surface area (Å²) in [5, 5.41) is 11.9. The van der Waals surface area contributed by atoms with Gasteiger partial charge in [-0.15, -0.1) is 0 Å². The van der Waals surface area contributed by atoms with Crippen LogP contribution in [0.1, 0.15) is 12.0 Å². The molecule has 1 aliphatic heterocycles. The lowest BCUT2D eigenvalue weighted by Crippen LogP contribution is -2.20. The molecule has 1 N–H and O–H groups in total. The van der Waals surface area contributed by atoms with E-state index in [4.69, 9.17) is 31.1 Å². The first-order chi connectivity index (χ1) is 12.2. The average molecular weight is 359 g/mol. The highest BCUT2D eigenvalue weighted by Crippen LogP contribution is 2.37. The molecular weight excluding hydrogens is 344 g/mol. The van der Waals surface area contributed by atoms with Gasteiger partial charge in [-0.05, 0) is 18.2 Å². The minimum Gasteiger partial charge on any atom is -0.490 e. The van der Waals surface area contributed by atoms with Gasteiger partial charge in [0, 0.05) is 18.6 Å². The second-order valence-corrected chi connectivity index (χ2v) is 5.71. The number of hydrogen-bond donors (Lipinski definition) is 1. The number of nitrogens with one attached hydrogen (secondary N) is 1. The molecule has 0 radical (unpaired) electrons. The summed E-state index contributed by atoms with van der Waals surface area (Å²) in [6, 6.07) is 11.9. The third-order valence-electron chi connectivity index (χ3n) is 3.44. The lowest BCUT2D eigenvalue weighted by Gasteiger charge is -2.13. The Kier molecular flexibility index (Phi) is 5.26. The minimum atomic E-state index is -0.376. The summed E-state index contributed by atoms with van der Waals surface area (Å²) < 4.78 is 16.5. The highest BCUT2D eigenvalue weighted by molar-refractivity contribution is 6.34. The monoisotopic (exact) mass is 358 g/mol. The Morgan fingerprint density at radius 2 is 2.00 bits per heavy atom. The van der Waals surface area contributed by atoms with E-state index >= 15 is 0 Å². The van der Waals surface area contributed by atoms with Crippen molar-refractivity contribution < 1.29 is 19.0 Å². The zero-order valence-electron chi connectivity index (χ0n) is 13.3. The zero-order valence-corrected chi connectivity index (χ0v) is 14.0. The summed E-state index contributed by atoms with van der Waals surface area (Å²) >= 11 is 6.19. The Balaban J connectivity index is 1.64. The van der Waals surface area contributed by atoms with Gasteiger partial charge < -0.3 is 19.5 Å². The molecule has 0 fully saturated rings. The fourth-order valence-electron chi connectivity index (χ4n) is 2.27. The topological polar surface area (TPSA) is 80.6 Å². The lowest BCUT2D eigenvalue weighted by atomic mass is 10.2. The SMILES string of the molecule is N#Cc1cccc(OCC(=O)Nc2cc3c(cc2Cl)OCCCO3)c1. The molecule has 0 saturated heterocycles. The Hall–Kier alpha value is -2.91. The fraction of sp³-hybridized carbons (Fsp3) is 0.222. The van der Waals surface area contributed by atoms with Crippen molar-refractivity contribution in [2.24, 2.45) is 0 Å². The molecule has 6 nitrogen and oxygen atoms in total. The van der Waals surface area contributed by atoms with Crippen LogP contribution < -0.4 is 19.5 Å². The molecule has 1 amide bonds. The van der Waals surface area contributed by atoms with Crippen LogP contribution in [0.3, 0.4) is 0 Å². The van der Waals surface area contributed by atoms with Gasteiger partial charge in [-0.1, -0.05) is 17.7 Å². The number of amides is 1. The van der Waals surface area contributed by atoms with Crippen molar-refractivity contribution in [1.29, 1.82) is 5.26 Å². The molecule has 25 heavy (non-hydrogen) atoms. The molecule has 7 heteroatoms. The molecule has 2 aromatic carbocycles. The molecule has 0 saturated carbocycles. The average Bonchev–Trinajstić information content (AvgIpc) is 2.85. The van der Waals surface area contributed by atoms with E-state index in [0.717, 1.165) is 6.42 Å². The number of carbonyl (C=O) groups is 1. The molecule has 0 aliphatic carbocycles. The number of benzene rings is 2. The van der Waals surface area contributed by atoms with Crippen molar-refractivity contribution >= 4 is 23.2 Å². The van der Waals surface area contributed by atoms with Gasteiger partial charge in [0.1, 0.15) is 5.75 Å². The predicted molar refractivity (Wildman–Crippen MR) is 92.3 cm³/mol. The number of hydrogen-bond acceptors (Lipinski definition) is 5. The number of rotatable bonds is 4. The van der Waals surface area contributed by atoms with Crippen LogP contribution in [0, 0.1) is 11.3 Å². The normalized spacial score (nSPS) is 12.6. The fourth-order valence-corrected chi connectivity index (χ4v) is 2.47. The van der Waals surface area contributed by atoms with Gasteiger partial charge in [0.05, 0.1) is 35.6 Å². The minimum absolute atomic E-state index is 0.209. The summed E-state index contributed by atoms with van der Waals surface area (Å²) in [6.07, 6.45) is 0.781. The smallest absolute Gasteiger partial charge is 0.262 e. The van der Waals surface area contributed by atoms with Crippen LogP contribution in [0.25, 0.3) is 0 Å². The van der Waals surface area contributed by atoms with Gasteiger partial charge in [0.15, 0.2) is 18.1 Å². The van der Waals surface area contributed by atoms with E-state index < -0.39 is 0 Å². The van der Waals surface area contributed by atoms with Crippen LogP contribution in [0.4, 0.5) is 5.69 Å². The number of ether oxygens (including phenoxy) is 3. The Morgan fingerprint density at radius 1 is 1.24 bits per heavy atom. The zero-order chi connectivity index (χ0) is 17.6. The maximum atomic E-state index is 12.1. The van der Waals surface area contributed by atoms with Crippen molar-refractivity contribution in [2.45, 2.75) is 6.42 Å². The van der Waals surface area contributed by atoms with Crippen molar-refractivity contribution in [3.05, 3.63) is 47.0 Å². The molecule has 0 bridgehead atoms. The van der Waals surface area contributed by atoms with Gasteiger partial charge in [0.25, 0.3) is 5.91 Å². The van der Waals surface area contributed by atoms with E-state index in [0.29, 0.717) is 46.7 Å². The first kappa shape index (κ1) is 16.9. The van der Waals surface area contributed by atoms with Crippen molar-refractivity contribution in [3.63, 3.8) is 0 Å². The second kappa shape index (κ2) is 7.77. The molecule has 3 rings (SSSR count). The van der Waals surface area contributed by atoms with Gasteiger partial charge in [-0.2, -0.15) is 5.26 Å². The van der Waals surface area contributed by atoms with Crippen LogP contribution >= 0.6 is 11.6 Å². The van der Waals surface area contributed by atoms with E-state index in [1.165, 1.54) is 0 Å².